The molecule has 9 nitrogen and oxygen atoms in total. The Hall–Kier alpha value is -3.46. The van der Waals surface area contributed by atoms with Crippen molar-refractivity contribution < 1.29 is 18.8 Å². The number of pyridine rings is 2. The number of halogens is 1. The smallest absolute Gasteiger partial charge is 0.294 e. The van der Waals surface area contributed by atoms with Crippen LogP contribution in [-0.2, 0) is 9.59 Å². The molecule has 2 amide bonds. The summed E-state index contributed by atoms with van der Waals surface area (Å²) in [5.74, 6) is 2.63. The Balaban J connectivity index is 0.000000297. The Labute approximate surface area is 254 Å². The molecule has 0 aromatic carbocycles. The van der Waals surface area contributed by atoms with Crippen LogP contribution in [0.1, 0.15) is 96.0 Å². The van der Waals surface area contributed by atoms with Crippen LogP contribution in [0.2, 0.25) is 5.02 Å². The fraction of sp³-hybridized carbons (Fsp3) is 0.531. The fourth-order valence-corrected chi connectivity index (χ4v) is 4.92. The number of hydrogen-bond acceptors (Lipinski definition) is 7. The summed E-state index contributed by atoms with van der Waals surface area (Å²) >= 11 is 5.78. The van der Waals surface area contributed by atoms with Gasteiger partial charge in [0.15, 0.2) is 0 Å². The molecule has 1 fully saturated rings. The van der Waals surface area contributed by atoms with Gasteiger partial charge in [0.1, 0.15) is 28.7 Å². The molecule has 0 saturated heterocycles. The molecule has 0 radical (unpaired) electrons. The second-order valence-corrected chi connectivity index (χ2v) is 11.3. The molecule has 0 aliphatic heterocycles. The van der Waals surface area contributed by atoms with Crippen LogP contribution in [-0.4, -0.2) is 42.2 Å². The van der Waals surface area contributed by atoms with E-state index in [1.54, 1.807) is 50.3 Å². The molecule has 3 heterocycles. The Kier molecular flexibility index (Phi) is 15.0. The number of nitrogens with zero attached hydrogens (tertiary/aromatic N) is 3. The summed E-state index contributed by atoms with van der Waals surface area (Å²) in [6.45, 7) is 8.45. The van der Waals surface area contributed by atoms with Crippen LogP contribution in [0.3, 0.4) is 0 Å². The molecule has 1 atom stereocenters. The zero-order valence-corrected chi connectivity index (χ0v) is 26.6. The summed E-state index contributed by atoms with van der Waals surface area (Å²) in [6.07, 6.45) is 15.3. The lowest BCUT2D eigenvalue weighted by molar-refractivity contribution is -0.117. The van der Waals surface area contributed by atoms with Crippen molar-refractivity contribution in [1.29, 1.82) is 0 Å². The lowest BCUT2D eigenvalue weighted by atomic mass is 9.80. The van der Waals surface area contributed by atoms with E-state index in [1.165, 1.54) is 44.7 Å². The normalized spacial score (nSPS) is 13.6. The molecule has 0 spiro atoms. The highest BCUT2D eigenvalue weighted by atomic mass is 35.5. The van der Waals surface area contributed by atoms with Crippen molar-refractivity contribution in [3.8, 4) is 0 Å². The summed E-state index contributed by atoms with van der Waals surface area (Å²) < 4.78 is 5.65. The van der Waals surface area contributed by atoms with E-state index in [2.05, 4.69) is 41.4 Å². The maximum atomic E-state index is 12.6. The average Bonchev–Trinajstić information content (AvgIpc) is 3.36. The van der Waals surface area contributed by atoms with E-state index in [0.29, 0.717) is 39.8 Å². The van der Waals surface area contributed by atoms with Gasteiger partial charge in [-0.3, -0.25) is 9.59 Å². The highest BCUT2D eigenvalue weighted by Crippen LogP contribution is 2.36. The molecule has 2 N–H and O–H groups in total. The number of Topliss-reactive ketones (excluding diaryl/α,β-unsaturated/α-hetero) is 1. The van der Waals surface area contributed by atoms with Crippen molar-refractivity contribution in [2.45, 2.75) is 85.5 Å². The van der Waals surface area contributed by atoms with E-state index >= 15 is 0 Å². The Morgan fingerprint density at radius 2 is 1.86 bits per heavy atom. The summed E-state index contributed by atoms with van der Waals surface area (Å²) in [6, 6.07) is 4.78. The first-order valence-electron chi connectivity index (χ1n) is 14.8. The molecule has 1 aliphatic carbocycles. The van der Waals surface area contributed by atoms with Gasteiger partial charge >= 0.3 is 0 Å². The number of ketones is 1. The van der Waals surface area contributed by atoms with Gasteiger partial charge < -0.3 is 24.7 Å². The second kappa shape index (κ2) is 18.2. The van der Waals surface area contributed by atoms with Gasteiger partial charge in [0.05, 0.1) is 10.4 Å². The van der Waals surface area contributed by atoms with Crippen molar-refractivity contribution >= 4 is 58.0 Å². The van der Waals surface area contributed by atoms with Gasteiger partial charge in [0.25, 0.3) is 5.91 Å². The largest absolute Gasteiger partial charge is 0.448 e. The van der Waals surface area contributed by atoms with E-state index in [0.717, 1.165) is 31.1 Å². The van der Waals surface area contributed by atoms with E-state index in [-0.39, 0.29) is 11.4 Å². The van der Waals surface area contributed by atoms with Crippen molar-refractivity contribution in [1.82, 2.24) is 9.97 Å². The van der Waals surface area contributed by atoms with Gasteiger partial charge in [0, 0.05) is 32.9 Å². The molecule has 0 bridgehead atoms. The zero-order valence-electron chi connectivity index (χ0n) is 25.8. The molecule has 1 aliphatic rings. The van der Waals surface area contributed by atoms with Crippen LogP contribution < -0.4 is 15.5 Å². The van der Waals surface area contributed by atoms with Gasteiger partial charge in [-0.15, -0.1) is 0 Å². The molecule has 3 aromatic heterocycles. The first-order valence-corrected chi connectivity index (χ1v) is 15.2. The molecule has 10 heteroatoms. The average molecular weight is 600 g/mol. The van der Waals surface area contributed by atoms with Crippen molar-refractivity contribution in [2.24, 2.45) is 11.8 Å². The molecule has 42 heavy (non-hydrogen) atoms. The van der Waals surface area contributed by atoms with Crippen LogP contribution in [0.25, 0.3) is 11.0 Å². The monoisotopic (exact) mass is 599 g/mol. The maximum Gasteiger partial charge on any atom is 0.294 e. The Morgan fingerprint density at radius 1 is 1.14 bits per heavy atom. The van der Waals surface area contributed by atoms with E-state index in [9.17, 15) is 14.4 Å². The fourth-order valence-electron chi connectivity index (χ4n) is 4.81. The number of carbonyl (C=O) groups is 3. The van der Waals surface area contributed by atoms with E-state index < -0.39 is 5.91 Å². The SMILES string of the molecule is CCCCC(C)=O.CC[C@@H](C)C1CCCCC1.CN(C)c1nccc2oc(C(=O)Nc3ccc(Cl)cn3)c(NC=O)c12. The minimum absolute atomic E-state index is 0.0463. The number of anilines is 3. The number of unbranched alkanes of at least 4 members (excludes halogenated alkanes) is 1. The highest BCUT2D eigenvalue weighted by molar-refractivity contribution is 6.30. The van der Waals surface area contributed by atoms with Gasteiger partial charge in [-0.1, -0.05) is 77.3 Å². The highest BCUT2D eigenvalue weighted by Gasteiger charge is 2.24. The van der Waals surface area contributed by atoms with Crippen LogP contribution in [0, 0.1) is 11.8 Å². The van der Waals surface area contributed by atoms with E-state index in [1.807, 2.05) is 0 Å². The van der Waals surface area contributed by atoms with Crippen LogP contribution in [0.5, 0.6) is 0 Å². The number of nitrogens with one attached hydrogen (secondary N) is 2. The first kappa shape index (κ1) is 34.7. The molecule has 3 aromatic rings. The number of hydrogen-bond donors (Lipinski definition) is 2. The lowest BCUT2D eigenvalue weighted by Crippen LogP contribution is -2.14. The first-order chi connectivity index (χ1) is 20.1. The Morgan fingerprint density at radius 3 is 2.38 bits per heavy atom. The number of rotatable bonds is 10. The minimum atomic E-state index is -0.555. The second-order valence-electron chi connectivity index (χ2n) is 10.9. The number of amides is 2. The minimum Gasteiger partial charge on any atom is -0.448 e. The van der Waals surface area contributed by atoms with Crippen LogP contribution >= 0.6 is 11.6 Å². The molecule has 4 rings (SSSR count). The summed E-state index contributed by atoms with van der Waals surface area (Å²) in [4.78, 5) is 43.8. The third-order valence-electron chi connectivity index (χ3n) is 7.36. The number of aromatic nitrogens is 2. The predicted molar refractivity (Wildman–Crippen MR) is 171 cm³/mol. The third kappa shape index (κ3) is 10.7. The summed E-state index contributed by atoms with van der Waals surface area (Å²) in [7, 11) is 3.60. The van der Waals surface area contributed by atoms with Crippen LogP contribution in [0.4, 0.5) is 17.3 Å². The van der Waals surface area contributed by atoms with Gasteiger partial charge in [-0.05, 0) is 43.4 Å². The lowest BCUT2D eigenvalue weighted by Gasteiger charge is -2.26. The third-order valence-corrected chi connectivity index (χ3v) is 7.59. The van der Waals surface area contributed by atoms with Crippen molar-refractivity contribution in [2.75, 3.05) is 29.6 Å². The van der Waals surface area contributed by atoms with Gasteiger partial charge in [0.2, 0.25) is 12.2 Å². The van der Waals surface area contributed by atoms with Gasteiger partial charge in [-0.2, -0.15) is 0 Å². The van der Waals surface area contributed by atoms with Crippen molar-refractivity contribution in [3.05, 3.63) is 41.4 Å². The van der Waals surface area contributed by atoms with Crippen LogP contribution in [0.15, 0.2) is 35.0 Å². The predicted octanol–water partition coefficient (Wildman–Crippen LogP) is 8.14. The summed E-state index contributed by atoms with van der Waals surface area (Å²) in [5.41, 5.74) is 0.672. The quantitative estimate of drug-likeness (QED) is 0.226. The molecule has 230 valence electrons. The van der Waals surface area contributed by atoms with E-state index in [4.69, 9.17) is 16.0 Å². The Bertz CT molecular complexity index is 1270. The number of fused-ring (bicyclic) bond motifs is 1. The molecule has 1 saturated carbocycles. The molecular weight excluding hydrogens is 554 g/mol. The zero-order chi connectivity index (χ0) is 31.1. The standard InChI is InChI=1S/C16H14ClN5O3.C10H20.C6H12O/c1-22(2)15-12-10(5-6-18-15)25-14(13(12)20-8-23)16(24)21-11-4-3-9(17)7-19-11;1-3-9(2)10-7-5-4-6-8-10;1-3-4-5-6(2)7/h3-8H,1-2H3,(H,20,23)(H,19,21,24);9-10H,3-8H2,1-2H3;3-5H2,1-2H3/t;9-;/m.1./s1. The number of furan rings is 1. The van der Waals surface area contributed by atoms with Gasteiger partial charge in [-0.25, -0.2) is 9.97 Å². The molecular formula is C32H46ClN5O4. The maximum absolute atomic E-state index is 12.6. The molecule has 0 unspecified atom stereocenters. The summed E-state index contributed by atoms with van der Waals surface area (Å²) in [5, 5.41) is 6.12. The topological polar surface area (TPSA) is 117 Å². The number of carbonyl (C=O) groups excluding carboxylic acids is 3. The van der Waals surface area contributed by atoms with Crippen molar-refractivity contribution in [3.63, 3.8) is 0 Å².